The largest absolute Gasteiger partial charge is 0.358 e. The van der Waals surface area contributed by atoms with Crippen LogP contribution in [0.4, 0.5) is 13.2 Å². The molecule has 0 amide bonds. The first-order valence-corrected chi connectivity index (χ1v) is 3.72. The fourth-order valence-corrected chi connectivity index (χ4v) is 1.32. The van der Waals surface area contributed by atoms with Gasteiger partial charge in [-0.05, 0) is 13.0 Å². The minimum Gasteiger partial charge on any atom is -0.358 e. The highest BCUT2D eigenvalue weighted by atomic mass is 19.2. The van der Waals surface area contributed by atoms with E-state index in [2.05, 4.69) is 4.98 Å². The quantitative estimate of drug-likeness (QED) is 0.607. The molecule has 0 saturated carbocycles. The first kappa shape index (κ1) is 8.16. The maximum atomic E-state index is 13.0. The standard InChI is InChI=1S/C9H6F3N/c1-4-2-5-7(13-4)3-6(10)9(12)8(5)11/h2-3,13H,1H3. The van der Waals surface area contributed by atoms with E-state index in [9.17, 15) is 13.2 Å². The summed E-state index contributed by atoms with van der Waals surface area (Å²) < 4.78 is 38.4. The monoisotopic (exact) mass is 185 g/mol. The van der Waals surface area contributed by atoms with Crippen LogP contribution >= 0.6 is 0 Å². The molecule has 0 saturated heterocycles. The first-order chi connectivity index (χ1) is 6.09. The van der Waals surface area contributed by atoms with E-state index in [0.29, 0.717) is 5.69 Å². The number of aromatic amines is 1. The Morgan fingerprint density at radius 2 is 1.77 bits per heavy atom. The highest BCUT2D eigenvalue weighted by molar-refractivity contribution is 5.81. The molecule has 0 aliphatic carbocycles. The van der Waals surface area contributed by atoms with E-state index in [1.807, 2.05) is 0 Å². The topological polar surface area (TPSA) is 15.8 Å². The van der Waals surface area contributed by atoms with E-state index in [-0.39, 0.29) is 10.9 Å². The van der Waals surface area contributed by atoms with Gasteiger partial charge in [-0.1, -0.05) is 0 Å². The molecule has 0 aliphatic rings. The fraction of sp³-hybridized carbons (Fsp3) is 0.111. The zero-order chi connectivity index (χ0) is 9.59. The predicted molar refractivity (Wildman–Crippen MR) is 42.9 cm³/mol. The van der Waals surface area contributed by atoms with Gasteiger partial charge in [-0.25, -0.2) is 13.2 Å². The summed E-state index contributed by atoms with van der Waals surface area (Å²) in [7, 11) is 0. The van der Waals surface area contributed by atoms with Gasteiger partial charge in [0.2, 0.25) is 0 Å². The van der Waals surface area contributed by atoms with Gasteiger partial charge in [0.1, 0.15) is 0 Å². The van der Waals surface area contributed by atoms with Crippen molar-refractivity contribution in [2.45, 2.75) is 6.92 Å². The maximum absolute atomic E-state index is 13.0. The minimum absolute atomic E-state index is 0.0800. The number of benzene rings is 1. The number of halogens is 3. The Morgan fingerprint density at radius 1 is 1.08 bits per heavy atom. The van der Waals surface area contributed by atoms with Gasteiger partial charge in [-0.3, -0.25) is 0 Å². The van der Waals surface area contributed by atoms with Crippen LogP contribution in [0.15, 0.2) is 12.1 Å². The van der Waals surface area contributed by atoms with E-state index in [4.69, 9.17) is 0 Å². The number of aromatic nitrogens is 1. The fourth-order valence-electron chi connectivity index (χ4n) is 1.32. The van der Waals surface area contributed by atoms with Crippen LogP contribution in [0.5, 0.6) is 0 Å². The molecule has 2 rings (SSSR count). The van der Waals surface area contributed by atoms with Crippen LogP contribution in [-0.4, -0.2) is 4.98 Å². The smallest absolute Gasteiger partial charge is 0.195 e. The molecule has 0 aliphatic heterocycles. The van der Waals surface area contributed by atoms with Crippen LogP contribution in [0.25, 0.3) is 10.9 Å². The van der Waals surface area contributed by atoms with Crippen molar-refractivity contribution in [1.29, 1.82) is 0 Å². The van der Waals surface area contributed by atoms with Gasteiger partial charge in [-0.15, -0.1) is 0 Å². The summed E-state index contributed by atoms with van der Waals surface area (Å²) in [5.41, 5.74) is 0.938. The van der Waals surface area contributed by atoms with Crippen LogP contribution in [0.1, 0.15) is 5.69 Å². The summed E-state index contributed by atoms with van der Waals surface area (Å²) in [6, 6.07) is 2.38. The minimum atomic E-state index is -1.42. The third kappa shape index (κ3) is 1.09. The molecule has 2 aromatic rings. The van der Waals surface area contributed by atoms with Gasteiger partial charge in [-0.2, -0.15) is 0 Å². The molecule has 0 atom stereocenters. The SMILES string of the molecule is Cc1cc2c(F)c(F)c(F)cc2[nH]1. The van der Waals surface area contributed by atoms with Crippen LogP contribution in [-0.2, 0) is 0 Å². The maximum Gasteiger partial charge on any atom is 0.195 e. The van der Waals surface area contributed by atoms with Gasteiger partial charge in [0.25, 0.3) is 0 Å². The van der Waals surface area contributed by atoms with Crippen LogP contribution in [0.2, 0.25) is 0 Å². The third-order valence-electron chi connectivity index (χ3n) is 1.89. The summed E-state index contributed by atoms with van der Waals surface area (Å²) in [5.74, 6) is -3.74. The molecular weight excluding hydrogens is 179 g/mol. The van der Waals surface area contributed by atoms with Crippen molar-refractivity contribution in [2.75, 3.05) is 0 Å². The molecule has 1 aromatic carbocycles. The Hall–Kier alpha value is -1.45. The van der Waals surface area contributed by atoms with E-state index < -0.39 is 17.5 Å². The molecule has 0 spiro atoms. The molecule has 0 unspecified atom stereocenters. The van der Waals surface area contributed by atoms with Gasteiger partial charge >= 0.3 is 0 Å². The van der Waals surface area contributed by atoms with Crippen molar-refractivity contribution < 1.29 is 13.2 Å². The van der Waals surface area contributed by atoms with Crippen LogP contribution in [0, 0.1) is 24.4 Å². The van der Waals surface area contributed by atoms with Gasteiger partial charge in [0, 0.05) is 17.1 Å². The molecule has 0 fully saturated rings. The summed E-state index contributed by atoms with van der Waals surface area (Å²) in [6.45, 7) is 1.69. The van der Waals surface area contributed by atoms with E-state index in [1.165, 1.54) is 6.07 Å². The lowest BCUT2D eigenvalue weighted by atomic mass is 10.2. The Labute approximate surface area is 72.2 Å². The lowest BCUT2D eigenvalue weighted by molar-refractivity contribution is 0.453. The normalized spacial score (nSPS) is 11.1. The number of hydrogen-bond donors (Lipinski definition) is 1. The second-order valence-corrected chi connectivity index (χ2v) is 2.90. The van der Waals surface area contributed by atoms with Crippen molar-refractivity contribution in [3.8, 4) is 0 Å². The molecule has 0 radical (unpaired) electrons. The molecule has 1 nitrogen and oxygen atoms in total. The van der Waals surface area contributed by atoms with Gasteiger partial charge in [0.15, 0.2) is 17.5 Å². The second kappa shape index (κ2) is 2.52. The Bertz CT molecular complexity index is 473. The number of aryl methyl sites for hydroxylation is 1. The third-order valence-corrected chi connectivity index (χ3v) is 1.89. The van der Waals surface area contributed by atoms with Crippen molar-refractivity contribution in [2.24, 2.45) is 0 Å². The van der Waals surface area contributed by atoms with Gasteiger partial charge in [0.05, 0.1) is 5.52 Å². The number of H-pyrrole nitrogens is 1. The van der Waals surface area contributed by atoms with Crippen LogP contribution in [0.3, 0.4) is 0 Å². The molecule has 1 N–H and O–H groups in total. The molecule has 13 heavy (non-hydrogen) atoms. The highest BCUT2D eigenvalue weighted by Gasteiger charge is 2.14. The molecule has 0 bridgehead atoms. The Balaban J connectivity index is 2.92. The van der Waals surface area contributed by atoms with E-state index >= 15 is 0 Å². The summed E-state index contributed by atoms with van der Waals surface area (Å²) in [5, 5.41) is 0.0800. The average Bonchev–Trinajstić information content (AvgIpc) is 2.42. The number of nitrogens with one attached hydrogen (secondary N) is 1. The Kier molecular flexibility index (Phi) is 1.58. The lowest BCUT2D eigenvalue weighted by Crippen LogP contribution is -1.90. The van der Waals surface area contributed by atoms with Crippen molar-refractivity contribution in [3.63, 3.8) is 0 Å². The number of hydrogen-bond acceptors (Lipinski definition) is 0. The van der Waals surface area contributed by atoms with Crippen LogP contribution < -0.4 is 0 Å². The first-order valence-electron chi connectivity index (χ1n) is 3.72. The van der Waals surface area contributed by atoms with E-state index in [1.54, 1.807) is 6.92 Å². The zero-order valence-corrected chi connectivity index (χ0v) is 6.79. The highest BCUT2D eigenvalue weighted by Crippen LogP contribution is 2.23. The molecule has 4 heteroatoms. The van der Waals surface area contributed by atoms with Crippen molar-refractivity contribution >= 4 is 10.9 Å². The molecule has 1 heterocycles. The zero-order valence-electron chi connectivity index (χ0n) is 6.79. The van der Waals surface area contributed by atoms with E-state index in [0.717, 1.165) is 6.07 Å². The summed E-state index contributed by atoms with van der Waals surface area (Å²) in [6.07, 6.45) is 0. The van der Waals surface area contributed by atoms with Gasteiger partial charge < -0.3 is 4.98 Å². The summed E-state index contributed by atoms with van der Waals surface area (Å²) in [4.78, 5) is 2.72. The summed E-state index contributed by atoms with van der Waals surface area (Å²) >= 11 is 0. The molecule has 1 aromatic heterocycles. The average molecular weight is 185 g/mol. The molecular formula is C9H6F3N. The molecule has 68 valence electrons. The second-order valence-electron chi connectivity index (χ2n) is 2.90. The van der Waals surface area contributed by atoms with Crippen molar-refractivity contribution in [3.05, 3.63) is 35.3 Å². The number of rotatable bonds is 0. The predicted octanol–water partition coefficient (Wildman–Crippen LogP) is 2.89. The van der Waals surface area contributed by atoms with Crippen molar-refractivity contribution in [1.82, 2.24) is 4.98 Å². The Morgan fingerprint density at radius 3 is 2.46 bits per heavy atom. The number of fused-ring (bicyclic) bond motifs is 1. The lowest BCUT2D eigenvalue weighted by Gasteiger charge is -1.95.